The second-order valence-corrected chi connectivity index (χ2v) is 8.33. The Morgan fingerprint density at radius 2 is 2.10 bits per heavy atom. The molecular formula is C23H30N6O2. The Hall–Kier alpha value is -3.13. The van der Waals surface area contributed by atoms with E-state index in [1.165, 1.54) is 0 Å². The molecule has 8 heteroatoms. The van der Waals surface area contributed by atoms with Crippen molar-refractivity contribution >= 4 is 18.5 Å². The number of carbonyl (C=O) groups excluding carboxylic acids is 1. The molecule has 3 heterocycles. The Labute approximate surface area is 183 Å². The van der Waals surface area contributed by atoms with E-state index < -0.39 is 0 Å². The molecule has 3 N–H and O–H groups in total. The maximum Gasteiger partial charge on any atom is 0.258 e. The maximum absolute atomic E-state index is 13.2. The zero-order valence-electron chi connectivity index (χ0n) is 17.9. The van der Waals surface area contributed by atoms with Gasteiger partial charge in [0, 0.05) is 44.2 Å². The van der Waals surface area contributed by atoms with Gasteiger partial charge in [-0.3, -0.25) is 4.79 Å². The lowest BCUT2D eigenvalue weighted by Crippen LogP contribution is -2.43. The van der Waals surface area contributed by atoms with Crippen molar-refractivity contribution in [1.82, 2.24) is 14.8 Å². The molecule has 3 aliphatic rings. The number of aliphatic imine (C=N–C) groups is 1. The van der Waals surface area contributed by atoms with Crippen LogP contribution in [0.1, 0.15) is 43.0 Å². The van der Waals surface area contributed by atoms with Gasteiger partial charge < -0.3 is 20.6 Å². The summed E-state index contributed by atoms with van der Waals surface area (Å²) in [6.07, 6.45) is 7.64. The summed E-state index contributed by atoms with van der Waals surface area (Å²) >= 11 is 0. The Morgan fingerprint density at radius 1 is 1.29 bits per heavy atom. The van der Waals surface area contributed by atoms with Crippen LogP contribution in [0, 0.1) is 0 Å². The molecule has 0 saturated carbocycles. The number of amides is 1. The number of aromatic hydroxyl groups is 1. The number of para-hydroxylation sites is 1. The van der Waals surface area contributed by atoms with E-state index in [0.29, 0.717) is 17.9 Å². The summed E-state index contributed by atoms with van der Waals surface area (Å²) in [5.74, 6) is 1.38. The molecule has 1 amide bonds. The number of nitrogens with two attached hydrogens (primary N) is 1. The molecule has 0 aliphatic carbocycles. The van der Waals surface area contributed by atoms with Gasteiger partial charge in [0.1, 0.15) is 11.6 Å². The average molecular weight is 423 g/mol. The number of amidine groups is 1. The molecule has 8 nitrogen and oxygen atoms in total. The van der Waals surface area contributed by atoms with Gasteiger partial charge in [-0.1, -0.05) is 12.1 Å². The molecule has 4 rings (SSSR count). The van der Waals surface area contributed by atoms with Crippen molar-refractivity contribution in [3.8, 4) is 5.75 Å². The molecule has 2 fully saturated rings. The zero-order chi connectivity index (χ0) is 22.0. The summed E-state index contributed by atoms with van der Waals surface area (Å²) in [6.45, 7) is 7.98. The molecule has 1 aromatic rings. The fourth-order valence-corrected chi connectivity index (χ4v) is 4.45. The van der Waals surface area contributed by atoms with Gasteiger partial charge in [-0.25, -0.2) is 10.0 Å². The number of hydrogen-bond acceptors (Lipinski definition) is 7. The predicted octanol–water partition coefficient (Wildman–Crippen LogP) is 2.49. The molecule has 3 aliphatic heterocycles. The summed E-state index contributed by atoms with van der Waals surface area (Å²) in [4.78, 5) is 22.1. The zero-order valence-corrected chi connectivity index (χ0v) is 17.9. The highest BCUT2D eigenvalue weighted by molar-refractivity contribution is 5.99. The van der Waals surface area contributed by atoms with Gasteiger partial charge in [0.05, 0.1) is 11.6 Å². The molecule has 31 heavy (non-hydrogen) atoms. The van der Waals surface area contributed by atoms with Crippen molar-refractivity contribution in [3.05, 3.63) is 53.5 Å². The first-order valence-electron chi connectivity index (χ1n) is 10.8. The highest BCUT2D eigenvalue weighted by Crippen LogP contribution is 2.28. The fourth-order valence-electron chi connectivity index (χ4n) is 4.45. The van der Waals surface area contributed by atoms with Gasteiger partial charge in [0.2, 0.25) is 0 Å². The number of nitrogens with zero attached hydrogens (tertiary/aromatic N) is 5. The first-order chi connectivity index (χ1) is 15.0. The van der Waals surface area contributed by atoms with Crippen molar-refractivity contribution in [2.45, 2.75) is 44.7 Å². The smallest absolute Gasteiger partial charge is 0.258 e. The average Bonchev–Trinajstić information content (AvgIpc) is 3.21. The van der Waals surface area contributed by atoms with Crippen LogP contribution in [0.25, 0.3) is 0 Å². The highest BCUT2D eigenvalue weighted by Gasteiger charge is 2.30. The second-order valence-electron chi connectivity index (χ2n) is 8.33. The van der Waals surface area contributed by atoms with Gasteiger partial charge in [0.15, 0.2) is 5.82 Å². The first-order valence-corrected chi connectivity index (χ1v) is 10.8. The monoisotopic (exact) mass is 422 g/mol. The fraction of sp³-hybridized carbons (Fsp3) is 0.435. The van der Waals surface area contributed by atoms with E-state index in [1.54, 1.807) is 29.3 Å². The number of rotatable bonds is 3. The van der Waals surface area contributed by atoms with E-state index in [-0.39, 0.29) is 23.7 Å². The molecule has 1 aromatic carbocycles. The Bertz CT molecular complexity index is 953. The van der Waals surface area contributed by atoms with Crippen molar-refractivity contribution in [2.24, 2.45) is 15.8 Å². The van der Waals surface area contributed by atoms with Crippen LogP contribution in [-0.4, -0.2) is 70.1 Å². The number of hydrazone groups is 1. The van der Waals surface area contributed by atoms with Crippen molar-refractivity contribution in [1.29, 1.82) is 0 Å². The van der Waals surface area contributed by atoms with Crippen LogP contribution in [0.3, 0.4) is 0 Å². The van der Waals surface area contributed by atoms with E-state index in [1.807, 2.05) is 24.1 Å². The van der Waals surface area contributed by atoms with Gasteiger partial charge >= 0.3 is 0 Å². The van der Waals surface area contributed by atoms with Crippen LogP contribution in [0.2, 0.25) is 0 Å². The third-order valence-corrected chi connectivity index (χ3v) is 6.09. The van der Waals surface area contributed by atoms with E-state index >= 15 is 0 Å². The van der Waals surface area contributed by atoms with Crippen LogP contribution in [-0.2, 0) is 0 Å². The summed E-state index contributed by atoms with van der Waals surface area (Å²) in [5, 5.41) is 15.9. The van der Waals surface area contributed by atoms with Crippen LogP contribution in [0.4, 0.5) is 0 Å². The van der Waals surface area contributed by atoms with Crippen LogP contribution < -0.4 is 5.73 Å². The Morgan fingerprint density at radius 3 is 2.81 bits per heavy atom. The predicted molar refractivity (Wildman–Crippen MR) is 122 cm³/mol. The molecule has 0 aromatic heterocycles. The molecule has 2 atom stereocenters. The SMILES string of the molecule is C=NN1C=C(C)C(N2CC[C@H](N)C2)=N/C1=C/C1CCCCN1C(=O)c1ccccc1O. The third kappa shape index (κ3) is 4.34. The molecule has 0 bridgehead atoms. The van der Waals surface area contributed by atoms with E-state index in [0.717, 1.165) is 50.2 Å². The second kappa shape index (κ2) is 8.93. The first kappa shape index (κ1) is 21.1. The van der Waals surface area contributed by atoms with Crippen LogP contribution >= 0.6 is 0 Å². The molecule has 0 spiro atoms. The lowest BCUT2D eigenvalue weighted by atomic mass is 10.00. The number of hydrogen-bond donors (Lipinski definition) is 2. The third-order valence-electron chi connectivity index (χ3n) is 6.09. The highest BCUT2D eigenvalue weighted by atomic mass is 16.3. The summed E-state index contributed by atoms with van der Waals surface area (Å²) in [5.41, 5.74) is 7.42. The van der Waals surface area contributed by atoms with Crippen LogP contribution in [0.15, 0.2) is 58.0 Å². The minimum Gasteiger partial charge on any atom is -0.507 e. The minimum absolute atomic E-state index is 0.000708. The van der Waals surface area contributed by atoms with Crippen molar-refractivity contribution in [3.63, 3.8) is 0 Å². The molecule has 164 valence electrons. The van der Waals surface area contributed by atoms with Gasteiger partial charge in [-0.05, 0) is 50.8 Å². The van der Waals surface area contributed by atoms with E-state index in [2.05, 4.69) is 16.7 Å². The standard InChI is InChI=1S/C23H30N6O2/c1-16-14-29(25-2)21(26-22(16)27-12-10-17(24)15-27)13-18-7-5-6-11-28(18)23(31)19-8-3-4-9-20(19)30/h3-4,8-9,13-14,17-18,30H,2,5-7,10-12,15,24H2,1H3/b21-13-/t17-,18?/m0/s1. The van der Waals surface area contributed by atoms with E-state index in [4.69, 9.17) is 10.7 Å². The lowest BCUT2D eigenvalue weighted by Gasteiger charge is -2.35. The lowest BCUT2D eigenvalue weighted by molar-refractivity contribution is 0.0659. The molecular weight excluding hydrogens is 392 g/mol. The van der Waals surface area contributed by atoms with Gasteiger partial charge in [0.25, 0.3) is 5.91 Å². The maximum atomic E-state index is 13.2. The number of likely N-dealkylation sites (tertiary alicyclic amines) is 2. The number of phenolic OH excluding ortho intramolecular Hbond substituents is 1. The normalized spacial score (nSPS) is 25.5. The number of piperidine rings is 1. The number of benzene rings is 1. The van der Waals surface area contributed by atoms with E-state index in [9.17, 15) is 9.90 Å². The quantitative estimate of drug-likeness (QED) is 0.730. The largest absolute Gasteiger partial charge is 0.507 e. The summed E-state index contributed by atoms with van der Waals surface area (Å²) < 4.78 is 0. The number of phenols is 1. The molecule has 2 saturated heterocycles. The van der Waals surface area contributed by atoms with Gasteiger partial charge in [-0.2, -0.15) is 5.10 Å². The Balaban J connectivity index is 1.65. The Kier molecular flexibility index (Phi) is 6.08. The summed E-state index contributed by atoms with van der Waals surface area (Å²) in [6, 6.07) is 6.70. The molecule has 1 unspecified atom stereocenters. The van der Waals surface area contributed by atoms with Gasteiger partial charge in [-0.15, -0.1) is 0 Å². The minimum atomic E-state index is -0.171. The topological polar surface area (TPSA) is 97.8 Å². The summed E-state index contributed by atoms with van der Waals surface area (Å²) in [7, 11) is 0. The number of carbonyl (C=O) groups is 1. The van der Waals surface area contributed by atoms with Crippen molar-refractivity contribution < 1.29 is 9.90 Å². The van der Waals surface area contributed by atoms with Crippen LogP contribution in [0.5, 0.6) is 5.75 Å². The van der Waals surface area contributed by atoms with Crippen molar-refractivity contribution in [2.75, 3.05) is 19.6 Å². The molecule has 0 radical (unpaired) electrons.